The first kappa shape index (κ1) is 40.7. The van der Waals surface area contributed by atoms with Gasteiger partial charge in [0.2, 0.25) is 0 Å². The monoisotopic (exact) mass is 598 g/mol. The van der Waals surface area contributed by atoms with Gasteiger partial charge in [-0.3, -0.25) is 9.59 Å². The smallest absolute Gasteiger partial charge is 0.181 e. The molecule has 0 amide bonds. The van der Waals surface area contributed by atoms with Gasteiger partial charge in [-0.25, -0.2) is 0 Å². The topological polar surface area (TPSA) is 61.8 Å². The van der Waals surface area contributed by atoms with Crippen molar-refractivity contribution in [3.05, 3.63) is 72.9 Å². The van der Waals surface area contributed by atoms with E-state index < -0.39 is 0 Å². The second kappa shape index (κ2) is 35.9. The summed E-state index contributed by atoms with van der Waals surface area (Å²) < 4.78 is 15.5. The fourth-order valence-corrected chi connectivity index (χ4v) is 4.08. The molecule has 0 saturated heterocycles. The van der Waals surface area contributed by atoms with Gasteiger partial charge in [-0.15, -0.1) is 0 Å². The Morgan fingerprint density at radius 2 is 0.767 bits per heavy atom. The fraction of sp³-hybridized carbons (Fsp3) is 0.632. The Hall–Kier alpha value is -2.34. The van der Waals surface area contributed by atoms with E-state index in [9.17, 15) is 9.59 Å². The Kier molecular flexibility index (Phi) is 33.9. The molecule has 5 heteroatoms. The zero-order valence-corrected chi connectivity index (χ0v) is 27.5. The molecule has 0 aliphatic rings. The van der Waals surface area contributed by atoms with Gasteiger partial charge in [0.15, 0.2) is 11.6 Å². The van der Waals surface area contributed by atoms with Gasteiger partial charge in [0.05, 0.1) is 0 Å². The number of hydrogen-bond donors (Lipinski definition) is 0. The molecule has 0 aromatic heterocycles. The Morgan fingerprint density at radius 3 is 1.14 bits per heavy atom. The van der Waals surface area contributed by atoms with Crippen LogP contribution in [-0.2, 0) is 23.8 Å². The van der Waals surface area contributed by atoms with E-state index in [0.717, 1.165) is 12.8 Å². The van der Waals surface area contributed by atoms with Crippen molar-refractivity contribution in [1.29, 1.82) is 0 Å². The van der Waals surface area contributed by atoms with Crippen molar-refractivity contribution in [2.75, 3.05) is 26.8 Å². The molecule has 0 aliphatic carbocycles. The van der Waals surface area contributed by atoms with Gasteiger partial charge < -0.3 is 14.2 Å². The van der Waals surface area contributed by atoms with Crippen molar-refractivity contribution in [1.82, 2.24) is 0 Å². The predicted molar refractivity (Wildman–Crippen MR) is 182 cm³/mol. The Balaban J connectivity index is 3.53. The highest BCUT2D eigenvalue weighted by Crippen LogP contribution is 2.08. The minimum absolute atomic E-state index is 0.0539. The molecule has 0 unspecified atom stereocenters. The summed E-state index contributed by atoms with van der Waals surface area (Å²) >= 11 is 0. The summed E-state index contributed by atoms with van der Waals surface area (Å²) in [6.07, 6.45) is 45.7. The molecule has 0 rings (SSSR count). The number of rotatable bonds is 32. The van der Waals surface area contributed by atoms with Crippen LogP contribution in [0.5, 0.6) is 0 Å². The highest BCUT2D eigenvalue weighted by molar-refractivity contribution is 5.91. The van der Waals surface area contributed by atoms with Crippen molar-refractivity contribution in [3.63, 3.8) is 0 Å². The molecular weight excluding hydrogens is 536 g/mol. The molecule has 0 heterocycles. The number of unbranched alkanes of at least 4 members (excludes halogenated alkanes) is 14. The van der Waals surface area contributed by atoms with Crippen LogP contribution in [0.25, 0.3) is 0 Å². The lowest BCUT2D eigenvalue weighted by Gasteiger charge is -2.04. The van der Waals surface area contributed by atoms with Crippen molar-refractivity contribution in [3.8, 4) is 0 Å². The van der Waals surface area contributed by atoms with Crippen LogP contribution in [0.15, 0.2) is 72.9 Å². The summed E-state index contributed by atoms with van der Waals surface area (Å²) in [4.78, 5) is 23.6. The SMILES string of the molecule is CCCC/C=C\CCCCCC/C=C/C=C\C(=O)COCOCOCC(=O)/C=C\C=C\CCCCCC/C=C\CCCC. The van der Waals surface area contributed by atoms with E-state index in [1.165, 1.54) is 115 Å². The molecule has 0 aromatic rings. The average molecular weight is 599 g/mol. The summed E-state index contributed by atoms with van der Waals surface area (Å²) in [5.74, 6) is -0.250. The minimum atomic E-state index is -0.125. The van der Waals surface area contributed by atoms with E-state index >= 15 is 0 Å². The van der Waals surface area contributed by atoms with Gasteiger partial charge in [-0.05, 0) is 76.4 Å². The van der Waals surface area contributed by atoms with Crippen molar-refractivity contribution in [2.45, 2.75) is 129 Å². The Bertz CT molecular complexity index is 737. The lowest BCUT2D eigenvalue weighted by molar-refractivity contribution is -0.147. The standard InChI is InChI=1S/C38H62O5/c1-3-5-7-9-11-13-15-17-19-21-23-25-27-29-31-37(39)33-41-35-43-36-42-34-38(40)32-30-28-26-24-22-20-18-16-14-12-10-8-6-4-2/h9-12,25-32H,3-8,13-24,33-36H2,1-2H3/b11-9-,12-10-,27-25+,28-26+,31-29-,32-30-. The van der Waals surface area contributed by atoms with Gasteiger partial charge in [0.25, 0.3) is 0 Å². The summed E-state index contributed by atoms with van der Waals surface area (Å²) in [7, 11) is 0. The second-order valence-corrected chi connectivity index (χ2v) is 10.9. The molecule has 0 fully saturated rings. The van der Waals surface area contributed by atoms with Crippen molar-refractivity contribution in [2.24, 2.45) is 0 Å². The van der Waals surface area contributed by atoms with Gasteiger partial charge in [-0.1, -0.05) is 126 Å². The summed E-state index contributed by atoms with van der Waals surface area (Å²) in [6, 6.07) is 0. The molecule has 43 heavy (non-hydrogen) atoms. The van der Waals surface area contributed by atoms with Crippen LogP contribution in [0.1, 0.15) is 129 Å². The molecule has 0 saturated carbocycles. The fourth-order valence-electron chi connectivity index (χ4n) is 4.08. The van der Waals surface area contributed by atoms with E-state index in [2.05, 4.69) is 50.3 Å². The normalized spacial score (nSPS) is 12.5. The molecule has 0 aliphatic heterocycles. The summed E-state index contributed by atoms with van der Waals surface area (Å²) in [5, 5.41) is 0. The zero-order chi connectivity index (χ0) is 31.3. The third-order valence-electron chi connectivity index (χ3n) is 6.65. The Morgan fingerprint density at radius 1 is 0.419 bits per heavy atom. The first-order chi connectivity index (χ1) is 21.2. The molecule has 5 nitrogen and oxygen atoms in total. The molecule has 244 valence electrons. The van der Waals surface area contributed by atoms with Gasteiger partial charge >= 0.3 is 0 Å². The maximum atomic E-state index is 11.8. The van der Waals surface area contributed by atoms with Crippen LogP contribution in [0.4, 0.5) is 0 Å². The van der Waals surface area contributed by atoms with Gasteiger partial charge in [0, 0.05) is 0 Å². The second-order valence-electron chi connectivity index (χ2n) is 10.9. The molecule has 0 radical (unpaired) electrons. The average Bonchev–Trinajstić information content (AvgIpc) is 3.01. The molecule has 0 N–H and O–H groups in total. The maximum absolute atomic E-state index is 11.8. The third-order valence-corrected chi connectivity index (χ3v) is 6.65. The quantitative estimate of drug-likeness (QED) is 0.0253. The van der Waals surface area contributed by atoms with E-state index in [1.807, 2.05) is 12.2 Å². The van der Waals surface area contributed by atoms with Crippen LogP contribution in [0, 0.1) is 0 Å². The molecule has 0 atom stereocenters. The number of allylic oxidation sites excluding steroid dienone is 10. The molecule has 0 aromatic carbocycles. The first-order valence-electron chi connectivity index (χ1n) is 17.0. The lowest BCUT2D eigenvalue weighted by atomic mass is 10.1. The number of carbonyl (C=O) groups excluding carboxylic acids is 2. The van der Waals surface area contributed by atoms with Crippen LogP contribution >= 0.6 is 0 Å². The van der Waals surface area contributed by atoms with E-state index in [1.54, 1.807) is 12.2 Å². The minimum Gasteiger partial charge on any atom is -0.347 e. The number of carbonyl (C=O) groups is 2. The van der Waals surface area contributed by atoms with Crippen molar-refractivity contribution < 1.29 is 23.8 Å². The number of ketones is 2. The highest BCUT2D eigenvalue weighted by Gasteiger charge is 1.98. The maximum Gasteiger partial charge on any atom is 0.181 e. The number of ether oxygens (including phenoxy) is 3. The zero-order valence-electron chi connectivity index (χ0n) is 27.5. The molecule has 0 bridgehead atoms. The van der Waals surface area contributed by atoms with Gasteiger partial charge in [0.1, 0.15) is 26.8 Å². The van der Waals surface area contributed by atoms with E-state index in [-0.39, 0.29) is 38.4 Å². The largest absolute Gasteiger partial charge is 0.347 e. The third kappa shape index (κ3) is 35.8. The first-order valence-corrected chi connectivity index (χ1v) is 17.0. The Labute approximate surface area is 264 Å². The van der Waals surface area contributed by atoms with Crippen molar-refractivity contribution >= 4 is 11.6 Å². The van der Waals surface area contributed by atoms with Crippen LogP contribution in [0.3, 0.4) is 0 Å². The van der Waals surface area contributed by atoms with E-state index in [4.69, 9.17) is 14.2 Å². The summed E-state index contributed by atoms with van der Waals surface area (Å²) in [5.41, 5.74) is 0. The lowest BCUT2D eigenvalue weighted by Crippen LogP contribution is -2.12. The predicted octanol–water partition coefficient (Wildman–Crippen LogP) is 10.5. The van der Waals surface area contributed by atoms with E-state index in [0.29, 0.717) is 0 Å². The van der Waals surface area contributed by atoms with Gasteiger partial charge in [-0.2, -0.15) is 0 Å². The number of hydrogen-bond acceptors (Lipinski definition) is 5. The molecule has 0 spiro atoms. The van der Waals surface area contributed by atoms with Crippen LogP contribution in [-0.4, -0.2) is 38.4 Å². The van der Waals surface area contributed by atoms with Crippen LogP contribution < -0.4 is 0 Å². The van der Waals surface area contributed by atoms with Crippen LogP contribution in [0.2, 0.25) is 0 Å². The highest BCUT2D eigenvalue weighted by atomic mass is 16.7. The molecular formula is C38H62O5. The summed E-state index contributed by atoms with van der Waals surface area (Å²) in [6.45, 7) is 4.22.